The quantitative estimate of drug-likeness (QED) is 0.385. The maximum Gasteiger partial charge on any atom is 0.302 e. The minimum absolute atomic E-state index is 0.0135. The molecule has 1 aromatic carbocycles. The van der Waals surface area contributed by atoms with Gasteiger partial charge in [0.15, 0.2) is 0 Å². The number of pyridine rings is 1. The van der Waals surface area contributed by atoms with Crippen molar-refractivity contribution in [1.82, 2.24) is 10.3 Å². The molecule has 0 spiro atoms. The zero-order valence-corrected chi connectivity index (χ0v) is 23.3. The van der Waals surface area contributed by atoms with Gasteiger partial charge in [0, 0.05) is 59.8 Å². The van der Waals surface area contributed by atoms with Gasteiger partial charge in [-0.1, -0.05) is 13.8 Å². The molecule has 0 saturated heterocycles. The lowest BCUT2D eigenvalue weighted by molar-refractivity contribution is -0.145. The van der Waals surface area contributed by atoms with Gasteiger partial charge in [0.25, 0.3) is 5.91 Å². The van der Waals surface area contributed by atoms with Crippen LogP contribution in [0, 0.1) is 28.9 Å². The number of nitrogens with one attached hydrogen (secondary N) is 1. The molecule has 2 aliphatic carbocycles. The first kappa shape index (κ1) is 29.7. The van der Waals surface area contributed by atoms with E-state index in [9.17, 15) is 27.6 Å². The Hall–Kier alpha value is -3.23. The smallest absolute Gasteiger partial charge is 0.302 e. The number of ketones is 1. The standard InChI is InChI=1S/C31H37F3N2O4/c1-18(37)40-17-31(2,3)22-6-9-28-20(11-19(5-4-10-32)29(38)13-22)12-21(16-35-28)24-14-25(27(34)15-26(24)33)30(39)36-23-7-8-23/h12,14-16,19,22-23H,4-11,13,17H2,1-3H3,(H,36,39). The molecule has 0 bridgehead atoms. The average molecular weight is 559 g/mol. The zero-order valence-electron chi connectivity index (χ0n) is 23.3. The number of halogens is 3. The number of esters is 1. The van der Waals surface area contributed by atoms with Crippen molar-refractivity contribution in [2.75, 3.05) is 13.3 Å². The molecular formula is C31H37F3N2O4. The second-order valence-corrected chi connectivity index (χ2v) is 11.8. The van der Waals surface area contributed by atoms with Crippen LogP contribution in [0.1, 0.15) is 80.9 Å². The number of Topliss-reactive ketones (excluding diaryl/α,β-unsaturated/α-hetero) is 1. The van der Waals surface area contributed by atoms with Gasteiger partial charge in [0.05, 0.1) is 18.8 Å². The van der Waals surface area contributed by atoms with Crippen molar-refractivity contribution < 1.29 is 32.3 Å². The fourth-order valence-corrected chi connectivity index (χ4v) is 5.38. The highest BCUT2D eigenvalue weighted by Crippen LogP contribution is 2.38. The maximum absolute atomic E-state index is 15.0. The first-order valence-corrected chi connectivity index (χ1v) is 14.0. The third-order valence-electron chi connectivity index (χ3n) is 8.12. The molecule has 2 unspecified atom stereocenters. The number of alkyl halides is 1. The van der Waals surface area contributed by atoms with E-state index in [0.29, 0.717) is 37.3 Å². The van der Waals surface area contributed by atoms with Crippen LogP contribution in [-0.4, -0.2) is 42.0 Å². The van der Waals surface area contributed by atoms with Crippen LogP contribution >= 0.6 is 0 Å². The number of fused-ring (bicyclic) bond motifs is 1. The Bertz CT molecular complexity index is 1280. The van der Waals surface area contributed by atoms with Crippen LogP contribution in [0.15, 0.2) is 24.4 Å². The summed E-state index contributed by atoms with van der Waals surface area (Å²) >= 11 is 0. The highest BCUT2D eigenvalue weighted by Gasteiger charge is 2.35. The highest BCUT2D eigenvalue weighted by molar-refractivity contribution is 5.96. The summed E-state index contributed by atoms with van der Waals surface area (Å²) in [6.07, 6.45) is 5.55. The van der Waals surface area contributed by atoms with Gasteiger partial charge in [-0.25, -0.2) is 8.78 Å². The molecular weight excluding hydrogens is 521 g/mol. The lowest BCUT2D eigenvalue weighted by Gasteiger charge is -2.34. The summed E-state index contributed by atoms with van der Waals surface area (Å²) in [6.45, 7) is 4.92. The fraction of sp³-hybridized carbons (Fsp3) is 0.548. The molecule has 2 aromatic rings. The molecule has 1 aromatic heterocycles. The van der Waals surface area contributed by atoms with Crippen LogP contribution in [0.4, 0.5) is 13.2 Å². The van der Waals surface area contributed by atoms with Gasteiger partial charge < -0.3 is 10.1 Å². The monoisotopic (exact) mass is 558 g/mol. The SMILES string of the molecule is CC(=O)OCC(C)(C)C1CCc2ncc(-c3cc(C(=O)NC4CC4)c(F)cc3F)cc2CC(CCCF)C(=O)C1. The average Bonchev–Trinajstić information content (AvgIpc) is 3.71. The molecule has 2 aliphatic rings. The number of benzene rings is 1. The fourth-order valence-electron chi connectivity index (χ4n) is 5.38. The maximum atomic E-state index is 15.0. The summed E-state index contributed by atoms with van der Waals surface area (Å²) in [5.41, 5.74) is 1.22. The number of amides is 1. The van der Waals surface area contributed by atoms with Crippen LogP contribution in [-0.2, 0) is 27.2 Å². The molecule has 1 heterocycles. The number of rotatable bonds is 9. The summed E-state index contributed by atoms with van der Waals surface area (Å²) in [4.78, 5) is 42.1. The van der Waals surface area contributed by atoms with E-state index in [1.165, 1.54) is 19.2 Å². The molecule has 1 saturated carbocycles. The van der Waals surface area contributed by atoms with Crippen molar-refractivity contribution in [2.24, 2.45) is 17.3 Å². The van der Waals surface area contributed by atoms with Crippen LogP contribution in [0.2, 0.25) is 0 Å². The number of hydrogen-bond donors (Lipinski definition) is 1. The van der Waals surface area contributed by atoms with E-state index >= 15 is 0 Å². The largest absolute Gasteiger partial charge is 0.465 e. The van der Waals surface area contributed by atoms with Gasteiger partial charge in [-0.3, -0.25) is 23.8 Å². The third-order valence-corrected chi connectivity index (χ3v) is 8.12. The number of aromatic nitrogens is 1. The molecule has 0 radical (unpaired) electrons. The Balaban J connectivity index is 1.68. The molecule has 0 aliphatic heterocycles. The summed E-state index contributed by atoms with van der Waals surface area (Å²) in [5, 5.41) is 2.73. The van der Waals surface area contributed by atoms with Crippen molar-refractivity contribution in [3.05, 3.63) is 52.9 Å². The van der Waals surface area contributed by atoms with Gasteiger partial charge in [-0.15, -0.1) is 0 Å². The van der Waals surface area contributed by atoms with Gasteiger partial charge in [-0.05, 0) is 68.6 Å². The first-order valence-electron chi connectivity index (χ1n) is 14.0. The topological polar surface area (TPSA) is 85.4 Å². The molecule has 216 valence electrons. The molecule has 4 rings (SSSR count). The summed E-state index contributed by atoms with van der Waals surface area (Å²) in [7, 11) is 0. The van der Waals surface area contributed by atoms with Crippen molar-refractivity contribution in [3.63, 3.8) is 0 Å². The van der Waals surface area contributed by atoms with E-state index in [1.54, 1.807) is 6.07 Å². The van der Waals surface area contributed by atoms with Crippen LogP contribution in [0.5, 0.6) is 0 Å². The number of ether oxygens (including phenoxy) is 1. The minimum Gasteiger partial charge on any atom is -0.465 e. The molecule has 1 fully saturated rings. The first-order chi connectivity index (χ1) is 19.0. The number of carbonyl (C=O) groups is 3. The second kappa shape index (κ2) is 12.5. The van der Waals surface area contributed by atoms with E-state index < -0.39 is 35.5 Å². The Morgan fingerprint density at radius 2 is 1.85 bits per heavy atom. The molecule has 1 amide bonds. The van der Waals surface area contributed by atoms with Crippen molar-refractivity contribution >= 4 is 17.7 Å². The van der Waals surface area contributed by atoms with E-state index in [2.05, 4.69) is 10.3 Å². The van der Waals surface area contributed by atoms with E-state index in [-0.39, 0.29) is 54.3 Å². The number of aryl methyl sites for hydroxylation is 1. The van der Waals surface area contributed by atoms with Crippen LogP contribution < -0.4 is 5.32 Å². The Morgan fingerprint density at radius 3 is 2.52 bits per heavy atom. The lowest BCUT2D eigenvalue weighted by Crippen LogP contribution is -2.33. The lowest BCUT2D eigenvalue weighted by atomic mass is 9.73. The van der Waals surface area contributed by atoms with Crippen molar-refractivity contribution in [1.29, 1.82) is 0 Å². The Kier molecular flexibility index (Phi) is 9.31. The number of hydrogen-bond acceptors (Lipinski definition) is 5. The van der Waals surface area contributed by atoms with Gasteiger partial charge in [-0.2, -0.15) is 0 Å². The normalized spacial score (nSPS) is 19.7. The summed E-state index contributed by atoms with van der Waals surface area (Å²) in [6, 6.07) is 3.69. The second-order valence-electron chi connectivity index (χ2n) is 11.8. The van der Waals surface area contributed by atoms with E-state index in [0.717, 1.165) is 24.1 Å². The molecule has 1 N–H and O–H groups in total. The predicted octanol–water partition coefficient (Wildman–Crippen LogP) is 5.94. The summed E-state index contributed by atoms with van der Waals surface area (Å²) in [5.74, 6) is -3.26. The van der Waals surface area contributed by atoms with Gasteiger partial charge in [0.2, 0.25) is 0 Å². The molecule has 40 heavy (non-hydrogen) atoms. The van der Waals surface area contributed by atoms with E-state index in [4.69, 9.17) is 4.74 Å². The summed E-state index contributed by atoms with van der Waals surface area (Å²) < 4.78 is 47.9. The Morgan fingerprint density at radius 1 is 1.10 bits per heavy atom. The predicted molar refractivity (Wildman–Crippen MR) is 144 cm³/mol. The molecule has 2 atom stereocenters. The van der Waals surface area contributed by atoms with Gasteiger partial charge >= 0.3 is 5.97 Å². The number of nitrogens with zero attached hydrogens (tertiary/aromatic N) is 1. The number of carbonyl (C=O) groups excluding carboxylic acids is 3. The van der Waals surface area contributed by atoms with Gasteiger partial charge in [0.1, 0.15) is 17.4 Å². The Labute approximate surface area is 233 Å². The zero-order chi connectivity index (χ0) is 29.0. The third kappa shape index (κ3) is 7.29. The molecule has 6 nitrogen and oxygen atoms in total. The van der Waals surface area contributed by atoms with Crippen LogP contribution in [0.3, 0.4) is 0 Å². The highest BCUT2D eigenvalue weighted by atomic mass is 19.1. The minimum atomic E-state index is -0.936. The molecule has 9 heteroatoms. The van der Waals surface area contributed by atoms with E-state index in [1.807, 2.05) is 13.8 Å². The van der Waals surface area contributed by atoms with Crippen LogP contribution in [0.25, 0.3) is 11.1 Å². The van der Waals surface area contributed by atoms with Crippen molar-refractivity contribution in [2.45, 2.75) is 78.2 Å². The van der Waals surface area contributed by atoms with Crippen molar-refractivity contribution in [3.8, 4) is 11.1 Å².